The minimum absolute atomic E-state index is 0.0813. The quantitative estimate of drug-likeness (QED) is 0.749. The molecule has 0 aliphatic carbocycles. The zero-order valence-electron chi connectivity index (χ0n) is 15.9. The van der Waals surface area contributed by atoms with Crippen molar-refractivity contribution in [2.24, 2.45) is 0 Å². The fraction of sp³-hybridized carbons (Fsp3) is 0.400. The molecule has 1 atom stereocenters. The van der Waals surface area contributed by atoms with Gasteiger partial charge in [0.05, 0.1) is 18.5 Å². The summed E-state index contributed by atoms with van der Waals surface area (Å²) in [7, 11) is 0. The fourth-order valence-corrected chi connectivity index (χ4v) is 3.49. The molecule has 0 saturated carbocycles. The minimum Gasteiger partial charge on any atom is -0.380 e. The van der Waals surface area contributed by atoms with Crippen LogP contribution in [0.25, 0.3) is 0 Å². The van der Waals surface area contributed by atoms with Crippen LogP contribution in [0, 0.1) is 11.3 Å². The van der Waals surface area contributed by atoms with E-state index >= 15 is 0 Å². The summed E-state index contributed by atoms with van der Waals surface area (Å²) in [6.45, 7) is 3.57. The van der Waals surface area contributed by atoms with Crippen LogP contribution in [-0.2, 0) is 9.53 Å². The summed E-state index contributed by atoms with van der Waals surface area (Å²) in [6, 6.07) is 8.94. The smallest absolute Gasteiger partial charge is 0.273 e. The Morgan fingerprint density at radius 2 is 2.03 bits per heavy atom. The third kappa shape index (κ3) is 3.99. The van der Waals surface area contributed by atoms with Crippen LogP contribution in [0.2, 0.25) is 0 Å². The van der Waals surface area contributed by atoms with E-state index in [1.807, 2.05) is 18.3 Å². The van der Waals surface area contributed by atoms with Crippen molar-refractivity contribution in [3.8, 4) is 6.07 Å². The number of carbonyl (C=O) groups excluding carboxylic acids is 1. The van der Waals surface area contributed by atoms with Gasteiger partial charge in [0, 0.05) is 50.6 Å². The van der Waals surface area contributed by atoms with Gasteiger partial charge in [-0.3, -0.25) is 4.79 Å². The largest absolute Gasteiger partial charge is 0.380 e. The third-order valence-electron chi connectivity index (χ3n) is 5.13. The lowest BCUT2D eigenvalue weighted by Gasteiger charge is -2.21. The van der Waals surface area contributed by atoms with Crippen LogP contribution in [0.15, 0.2) is 36.7 Å². The predicted molar refractivity (Wildman–Crippen MR) is 107 cm³/mol. The lowest BCUT2D eigenvalue weighted by molar-refractivity contribution is -0.128. The number of aliphatic hydroxyl groups is 1. The molecule has 150 valence electrons. The van der Waals surface area contributed by atoms with Gasteiger partial charge in [-0.05, 0) is 24.6 Å². The zero-order chi connectivity index (χ0) is 20.3. The Morgan fingerprint density at radius 3 is 2.79 bits per heavy atom. The van der Waals surface area contributed by atoms with Crippen molar-refractivity contribution in [2.75, 3.05) is 48.0 Å². The lowest BCUT2D eigenvalue weighted by atomic mass is 10.1. The van der Waals surface area contributed by atoms with Crippen LogP contribution < -0.4 is 15.1 Å². The molecule has 0 radical (unpaired) electrons. The first kappa shape index (κ1) is 19.1. The Hall–Kier alpha value is -3.22. The van der Waals surface area contributed by atoms with Crippen molar-refractivity contribution in [3.63, 3.8) is 0 Å². The van der Waals surface area contributed by atoms with Crippen LogP contribution in [0.3, 0.4) is 0 Å². The monoisotopic (exact) mass is 394 g/mol. The van der Waals surface area contributed by atoms with Crippen LogP contribution in [-0.4, -0.2) is 59.4 Å². The van der Waals surface area contributed by atoms with Crippen LogP contribution in [0.1, 0.15) is 12.8 Å². The second-order valence-corrected chi connectivity index (χ2v) is 7.06. The number of anilines is 4. The van der Waals surface area contributed by atoms with Crippen LogP contribution in [0.5, 0.6) is 0 Å². The number of rotatable bonds is 4. The van der Waals surface area contributed by atoms with Gasteiger partial charge >= 0.3 is 0 Å². The second kappa shape index (κ2) is 8.03. The van der Waals surface area contributed by atoms with Gasteiger partial charge in [-0.25, -0.2) is 9.97 Å². The maximum atomic E-state index is 12.3. The molecule has 2 aliphatic heterocycles. The first-order valence-electron chi connectivity index (χ1n) is 9.56. The van der Waals surface area contributed by atoms with E-state index in [2.05, 4.69) is 20.2 Å². The first-order chi connectivity index (χ1) is 14.1. The molecule has 0 spiro atoms. The molecule has 0 bridgehead atoms. The van der Waals surface area contributed by atoms with Crippen LogP contribution >= 0.6 is 0 Å². The van der Waals surface area contributed by atoms with Gasteiger partial charge in [-0.15, -0.1) is 0 Å². The number of nitrogens with zero attached hydrogens (tertiary/aromatic N) is 5. The summed E-state index contributed by atoms with van der Waals surface area (Å²) in [5, 5.41) is 22.2. The molecule has 4 heterocycles. The Morgan fingerprint density at radius 1 is 1.14 bits per heavy atom. The van der Waals surface area contributed by atoms with Crippen molar-refractivity contribution in [1.82, 2.24) is 9.97 Å². The van der Waals surface area contributed by atoms with Gasteiger partial charge in [-0.1, -0.05) is 0 Å². The van der Waals surface area contributed by atoms with E-state index in [4.69, 9.17) is 10.00 Å². The van der Waals surface area contributed by atoms with Crippen molar-refractivity contribution in [1.29, 1.82) is 5.26 Å². The Labute approximate surface area is 168 Å². The van der Waals surface area contributed by atoms with E-state index in [9.17, 15) is 9.90 Å². The van der Waals surface area contributed by atoms with Gasteiger partial charge in [0.2, 0.25) is 5.60 Å². The minimum atomic E-state index is -1.95. The van der Waals surface area contributed by atoms with E-state index < -0.39 is 11.5 Å². The Bertz CT molecular complexity index is 921. The molecule has 2 saturated heterocycles. The normalized spacial score (nSPS) is 22.3. The standard InChI is InChI=1S/C20H22N6O3/c21-14-20(28)5-8-26(19(20)27)15-4-6-22-18(12-15)24-17-3-2-16(13-23-17)25-7-1-10-29-11-9-25/h2-4,6,12-13,28H,1,5,7-11H2,(H,22,23,24)/t20-/m0/s1. The maximum absolute atomic E-state index is 12.3. The number of carbonyl (C=O) groups is 1. The third-order valence-corrected chi connectivity index (χ3v) is 5.13. The van der Waals surface area contributed by atoms with Crippen molar-refractivity contribution < 1.29 is 14.6 Å². The molecule has 29 heavy (non-hydrogen) atoms. The highest BCUT2D eigenvalue weighted by molar-refractivity contribution is 6.03. The molecular formula is C20H22N6O3. The number of ether oxygens (including phenoxy) is 1. The molecule has 0 aromatic carbocycles. The maximum Gasteiger partial charge on any atom is 0.273 e. The Kier molecular flexibility index (Phi) is 5.29. The molecule has 2 N–H and O–H groups in total. The summed E-state index contributed by atoms with van der Waals surface area (Å²) in [6.07, 6.45) is 4.46. The van der Waals surface area contributed by atoms with E-state index in [1.165, 1.54) is 4.90 Å². The van der Waals surface area contributed by atoms with E-state index in [1.54, 1.807) is 24.4 Å². The summed E-state index contributed by atoms with van der Waals surface area (Å²) in [5.41, 5.74) is -0.340. The number of nitrogens with one attached hydrogen (secondary N) is 1. The van der Waals surface area contributed by atoms with Gasteiger partial charge in [0.25, 0.3) is 5.91 Å². The SMILES string of the molecule is N#C[C@@]1(O)CCN(c2ccnc(Nc3ccc(N4CCCOCC4)cn3)c2)C1=O. The number of nitriles is 1. The number of aromatic nitrogens is 2. The molecule has 2 aliphatic rings. The van der Waals surface area contributed by atoms with Gasteiger partial charge < -0.3 is 25.0 Å². The summed E-state index contributed by atoms with van der Waals surface area (Å²) < 4.78 is 5.49. The first-order valence-corrected chi connectivity index (χ1v) is 9.56. The summed E-state index contributed by atoms with van der Waals surface area (Å²) in [4.78, 5) is 24.7. The Balaban J connectivity index is 1.46. The topological polar surface area (TPSA) is 115 Å². The predicted octanol–water partition coefficient (Wildman–Crippen LogP) is 1.44. The molecule has 4 rings (SSSR count). The molecular weight excluding hydrogens is 372 g/mol. The number of pyridine rings is 2. The second-order valence-electron chi connectivity index (χ2n) is 7.06. The average molecular weight is 394 g/mol. The number of hydrogen-bond donors (Lipinski definition) is 2. The van der Waals surface area contributed by atoms with E-state index in [0.29, 0.717) is 23.9 Å². The highest BCUT2D eigenvalue weighted by Gasteiger charge is 2.46. The highest BCUT2D eigenvalue weighted by Crippen LogP contribution is 2.29. The number of hydrogen-bond acceptors (Lipinski definition) is 8. The molecule has 2 aromatic heterocycles. The molecule has 0 unspecified atom stereocenters. The fourth-order valence-electron chi connectivity index (χ4n) is 3.49. The van der Waals surface area contributed by atoms with Crippen molar-refractivity contribution >= 4 is 28.9 Å². The molecule has 2 aromatic rings. The van der Waals surface area contributed by atoms with Crippen LogP contribution in [0.4, 0.5) is 23.0 Å². The summed E-state index contributed by atoms with van der Waals surface area (Å²) in [5.74, 6) is 0.540. The number of amides is 1. The van der Waals surface area contributed by atoms with Crippen molar-refractivity contribution in [2.45, 2.75) is 18.4 Å². The molecule has 1 amide bonds. The van der Waals surface area contributed by atoms with Gasteiger partial charge in [0.1, 0.15) is 17.7 Å². The van der Waals surface area contributed by atoms with Gasteiger partial charge in [-0.2, -0.15) is 5.26 Å². The average Bonchev–Trinajstić information content (AvgIpc) is 2.92. The van der Waals surface area contributed by atoms with Crippen molar-refractivity contribution in [3.05, 3.63) is 36.7 Å². The van der Waals surface area contributed by atoms with E-state index in [0.717, 1.165) is 31.8 Å². The molecule has 9 nitrogen and oxygen atoms in total. The highest BCUT2D eigenvalue weighted by atomic mass is 16.5. The molecule has 2 fully saturated rings. The van der Waals surface area contributed by atoms with E-state index in [-0.39, 0.29) is 13.0 Å². The molecule has 9 heteroatoms. The zero-order valence-corrected chi connectivity index (χ0v) is 15.9. The lowest BCUT2D eigenvalue weighted by Crippen LogP contribution is -2.38. The summed E-state index contributed by atoms with van der Waals surface area (Å²) >= 11 is 0. The van der Waals surface area contributed by atoms with Gasteiger partial charge in [0.15, 0.2) is 0 Å².